The molecule has 2 rings (SSSR count). The molecule has 0 saturated carbocycles. The maximum atomic E-state index is 12.0. The number of benzene rings is 1. The Balaban J connectivity index is 1.79. The fraction of sp³-hybridized carbons (Fsp3) is 0.438. The molecule has 2 N–H and O–H groups in total. The molecular formula is C16H20N2O4S. The zero-order chi connectivity index (χ0) is 16.8. The molecule has 0 radical (unpaired) electrons. The van der Waals surface area contributed by atoms with Crippen LogP contribution in [0.2, 0.25) is 0 Å². The van der Waals surface area contributed by atoms with Gasteiger partial charge in [0.2, 0.25) is 5.91 Å². The third-order valence-corrected chi connectivity index (χ3v) is 4.41. The third kappa shape index (κ3) is 5.28. The number of carbonyl (C=O) groups excluding carboxylic acids is 3. The molecule has 0 bridgehead atoms. The molecule has 0 saturated heterocycles. The van der Waals surface area contributed by atoms with Crippen molar-refractivity contribution in [2.24, 2.45) is 5.92 Å². The second-order valence-electron chi connectivity index (χ2n) is 5.65. The summed E-state index contributed by atoms with van der Waals surface area (Å²) >= 11 is 1.33. The Bertz CT molecular complexity index is 603. The molecule has 7 heteroatoms. The summed E-state index contributed by atoms with van der Waals surface area (Å²) in [6.07, 6.45) is -0.0672. The highest BCUT2D eigenvalue weighted by Gasteiger charge is 2.29. The van der Waals surface area contributed by atoms with E-state index in [0.29, 0.717) is 12.5 Å². The number of ether oxygens (including phenoxy) is 1. The fourth-order valence-electron chi connectivity index (χ4n) is 1.95. The summed E-state index contributed by atoms with van der Waals surface area (Å²) in [6.45, 7) is 4.17. The SMILES string of the molecule is CC(C)CNC(=O)COC(=O)CC1Sc2ccccc2NC1=O. The molecule has 0 fully saturated rings. The van der Waals surface area contributed by atoms with E-state index in [4.69, 9.17) is 4.74 Å². The number of fused-ring (bicyclic) bond motifs is 1. The number of anilines is 1. The van der Waals surface area contributed by atoms with E-state index in [1.165, 1.54) is 11.8 Å². The summed E-state index contributed by atoms with van der Waals surface area (Å²) < 4.78 is 4.93. The number of hydrogen-bond acceptors (Lipinski definition) is 5. The van der Waals surface area contributed by atoms with Gasteiger partial charge in [-0.15, -0.1) is 11.8 Å². The molecule has 1 unspecified atom stereocenters. The maximum Gasteiger partial charge on any atom is 0.307 e. The van der Waals surface area contributed by atoms with Crippen LogP contribution in [0.15, 0.2) is 29.2 Å². The molecule has 124 valence electrons. The zero-order valence-electron chi connectivity index (χ0n) is 13.1. The number of esters is 1. The summed E-state index contributed by atoms with van der Waals surface area (Å²) in [5.74, 6) is -0.790. The van der Waals surface area contributed by atoms with Gasteiger partial charge < -0.3 is 15.4 Å². The highest BCUT2D eigenvalue weighted by atomic mass is 32.2. The van der Waals surface area contributed by atoms with E-state index in [1.807, 2.05) is 38.1 Å². The minimum absolute atomic E-state index is 0.0672. The van der Waals surface area contributed by atoms with Crippen molar-refractivity contribution in [2.75, 3.05) is 18.5 Å². The predicted octanol–water partition coefficient (Wildman–Crippen LogP) is 1.80. The molecule has 1 atom stereocenters. The molecule has 0 aromatic heterocycles. The number of nitrogens with one attached hydrogen (secondary N) is 2. The van der Waals surface area contributed by atoms with Gasteiger partial charge in [-0.2, -0.15) is 0 Å². The Morgan fingerprint density at radius 1 is 1.35 bits per heavy atom. The average molecular weight is 336 g/mol. The van der Waals surface area contributed by atoms with Gasteiger partial charge >= 0.3 is 5.97 Å². The number of hydrogen-bond donors (Lipinski definition) is 2. The molecule has 23 heavy (non-hydrogen) atoms. The van der Waals surface area contributed by atoms with Crippen molar-refractivity contribution >= 4 is 35.2 Å². The number of thioether (sulfide) groups is 1. The second-order valence-corrected chi connectivity index (χ2v) is 6.90. The van der Waals surface area contributed by atoms with Crippen molar-refractivity contribution < 1.29 is 19.1 Å². The van der Waals surface area contributed by atoms with Gasteiger partial charge in [0, 0.05) is 11.4 Å². The number of carbonyl (C=O) groups is 3. The molecule has 1 aliphatic rings. The van der Waals surface area contributed by atoms with E-state index in [2.05, 4.69) is 10.6 Å². The van der Waals surface area contributed by atoms with Gasteiger partial charge in [-0.05, 0) is 18.1 Å². The van der Waals surface area contributed by atoms with Gasteiger partial charge in [-0.3, -0.25) is 14.4 Å². The average Bonchev–Trinajstić information content (AvgIpc) is 2.51. The van der Waals surface area contributed by atoms with Crippen molar-refractivity contribution in [3.05, 3.63) is 24.3 Å². The van der Waals surface area contributed by atoms with Gasteiger partial charge in [-0.25, -0.2) is 0 Å². The lowest BCUT2D eigenvalue weighted by Crippen LogP contribution is -2.34. The number of amides is 2. The van der Waals surface area contributed by atoms with Crippen molar-refractivity contribution in [3.63, 3.8) is 0 Å². The predicted molar refractivity (Wildman–Crippen MR) is 88.1 cm³/mol. The molecule has 1 aromatic rings. The largest absolute Gasteiger partial charge is 0.456 e. The first-order valence-corrected chi connectivity index (χ1v) is 8.32. The lowest BCUT2D eigenvalue weighted by atomic mass is 10.2. The highest BCUT2D eigenvalue weighted by Crippen LogP contribution is 2.36. The van der Waals surface area contributed by atoms with Crippen LogP contribution in [0.3, 0.4) is 0 Å². The van der Waals surface area contributed by atoms with Crippen molar-refractivity contribution in [1.29, 1.82) is 0 Å². The van der Waals surface area contributed by atoms with Crippen LogP contribution in [0.1, 0.15) is 20.3 Å². The fourth-order valence-corrected chi connectivity index (χ4v) is 3.05. The summed E-state index contributed by atoms with van der Waals surface area (Å²) in [5.41, 5.74) is 0.750. The van der Waals surface area contributed by atoms with Gasteiger partial charge in [-0.1, -0.05) is 26.0 Å². The molecule has 1 aromatic carbocycles. The zero-order valence-corrected chi connectivity index (χ0v) is 13.9. The van der Waals surface area contributed by atoms with Crippen LogP contribution < -0.4 is 10.6 Å². The molecule has 1 heterocycles. The number of para-hydroxylation sites is 1. The first-order valence-electron chi connectivity index (χ1n) is 7.44. The lowest BCUT2D eigenvalue weighted by molar-refractivity contribution is -0.149. The standard InChI is InChI=1S/C16H20N2O4S/c1-10(2)8-17-14(19)9-22-15(20)7-13-16(21)18-11-5-3-4-6-12(11)23-13/h3-6,10,13H,7-9H2,1-2H3,(H,17,19)(H,18,21). The summed E-state index contributed by atoms with van der Waals surface area (Å²) in [6, 6.07) is 7.41. The maximum absolute atomic E-state index is 12.0. The Morgan fingerprint density at radius 3 is 2.83 bits per heavy atom. The smallest absolute Gasteiger partial charge is 0.307 e. The van der Waals surface area contributed by atoms with Crippen LogP contribution in [0.4, 0.5) is 5.69 Å². The molecule has 6 nitrogen and oxygen atoms in total. The van der Waals surface area contributed by atoms with Crippen LogP contribution in [0.25, 0.3) is 0 Å². The van der Waals surface area contributed by atoms with E-state index in [1.54, 1.807) is 0 Å². The Labute approximate surface area is 139 Å². The van der Waals surface area contributed by atoms with Crippen molar-refractivity contribution in [2.45, 2.75) is 30.4 Å². The molecule has 0 aliphatic carbocycles. The Kier molecular flexibility index (Phi) is 6.04. The summed E-state index contributed by atoms with van der Waals surface area (Å²) in [5, 5.41) is 4.88. The van der Waals surface area contributed by atoms with Crippen LogP contribution >= 0.6 is 11.8 Å². The second kappa shape index (κ2) is 8.01. The van der Waals surface area contributed by atoms with Gasteiger partial charge in [0.25, 0.3) is 5.91 Å². The lowest BCUT2D eigenvalue weighted by Gasteiger charge is -2.23. The van der Waals surface area contributed by atoms with E-state index < -0.39 is 11.2 Å². The minimum atomic E-state index is -0.559. The summed E-state index contributed by atoms with van der Waals surface area (Å²) in [7, 11) is 0. The molecular weight excluding hydrogens is 316 g/mol. The van der Waals surface area contributed by atoms with E-state index in [0.717, 1.165) is 10.6 Å². The van der Waals surface area contributed by atoms with Gasteiger partial charge in [0.05, 0.1) is 17.4 Å². The molecule has 2 amide bonds. The van der Waals surface area contributed by atoms with E-state index in [-0.39, 0.29) is 24.8 Å². The first-order chi connectivity index (χ1) is 11.0. The van der Waals surface area contributed by atoms with Gasteiger partial charge in [0.15, 0.2) is 6.61 Å². The van der Waals surface area contributed by atoms with Crippen LogP contribution in [0, 0.1) is 5.92 Å². The van der Waals surface area contributed by atoms with E-state index in [9.17, 15) is 14.4 Å². The van der Waals surface area contributed by atoms with Crippen LogP contribution in [0.5, 0.6) is 0 Å². The topological polar surface area (TPSA) is 84.5 Å². The Morgan fingerprint density at radius 2 is 2.09 bits per heavy atom. The van der Waals surface area contributed by atoms with Crippen LogP contribution in [-0.2, 0) is 19.1 Å². The summed E-state index contributed by atoms with van der Waals surface area (Å²) in [4.78, 5) is 36.2. The quantitative estimate of drug-likeness (QED) is 0.774. The molecule has 1 aliphatic heterocycles. The molecule has 0 spiro atoms. The van der Waals surface area contributed by atoms with Crippen molar-refractivity contribution in [3.8, 4) is 0 Å². The number of rotatable bonds is 6. The van der Waals surface area contributed by atoms with Gasteiger partial charge in [0.1, 0.15) is 0 Å². The van der Waals surface area contributed by atoms with Crippen LogP contribution in [-0.4, -0.2) is 36.2 Å². The van der Waals surface area contributed by atoms with E-state index >= 15 is 0 Å². The highest BCUT2D eigenvalue weighted by molar-refractivity contribution is 8.01. The first kappa shape index (κ1) is 17.3. The van der Waals surface area contributed by atoms with Crippen molar-refractivity contribution in [1.82, 2.24) is 5.32 Å². The Hall–Kier alpha value is -2.02. The monoisotopic (exact) mass is 336 g/mol. The normalized spacial score (nSPS) is 16.5. The minimum Gasteiger partial charge on any atom is -0.456 e. The third-order valence-electron chi connectivity index (χ3n) is 3.13.